The normalized spacial score (nSPS) is 13.7. The molecule has 0 radical (unpaired) electrons. The fourth-order valence-corrected chi connectivity index (χ4v) is 3.24. The summed E-state index contributed by atoms with van der Waals surface area (Å²) in [5.74, 6) is 0.590. The second kappa shape index (κ2) is 9.52. The van der Waals surface area contributed by atoms with Gasteiger partial charge in [0.1, 0.15) is 5.78 Å². The molecule has 0 amide bonds. The zero-order chi connectivity index (χ0) is 15.8. The zero-order valence-electron chi connectivity index (χ0n) is 12.6. The van der Waals surface area contributed by atoms with Crippen LogP contribution in [0.5, 0.6) is 0 Å². The average Bonchev–Trinajstić information content (AvgIpc) is 2.46. The molecule has 116 valence electrons. The smallest absolute Gasteiger partial charge is 0.176 e. The van der Waals surface area contributed by atoms with Gasteiger partial charge in [0.05, 0.1) is 4.83 Å². The number of Topliss-reactive ketones (excluding diaryl/α,β-unsaturated/α-hetero) is 2. The lowest BCUT2D eigenvalue weighted by molar-refractivity contribution is -0.119. The van der Waals surface area contributed by atoms with E-state index in [9.17, 15) is 9.59 Å². The fourth-order valence-electron chi connectivity index (χ4n) is 2.35. The van der Waals surface area contributed by atoms with Crippen molar-refractivity contribution in [2.45, 2.75) is 50.8 Å². The van der Waals surface area contributed by atoms with Gasteiger partial charge in [0, 0.05) is 22.9 Å². The molecule has 0 saturated carbocycles. The van der Waals surface area contributed by atoms with E-state index >= 15 is 0 Å². The molecule has 1 aromatic rings. The van der Waals surface area contributed by atoms with Gasteiger partial charge in [0.25, 0.3) is 0 Å². The predicted molar refractivity (Wildman–Crippen MR) is 94.1 cm³/mol. The van der Waals surface area contributed by atoms with Crippen molar-refractivity contribution in [2.75, 3.05) is 0 Å². The first-order valence-electron chi connectivity index (χ1n) is 7.43. The summed E-state index contributed by atoms with van der Waals surface area (Å²) >= 11 is 6.71. The van der Waals surface area contributed by atoms with Gasteiger partial charge in [-0.15, -0.1) is 0 Å². The number of carbonyl (C=O) groups is 2. The molecule has 0 aromatic heterocycles. The van der Waals surface area contributed by atoms with E-state index in [1.165, 1.54) is 0 Å². The third-order valence-corrected chi connectivity index (χ3v) is 4.88. The lowest BCUT2D eigenvalue weighted by Crippen LogP contribution is -2.20. The maximum absolute atomic E-state index is 12.3. The summed E-state index contributed by atoms with van der Waals surface area (Å²) in [4.78, 5) is 23.9. The van der Waals surface area contributed by atoms with E-state index in [0.717, 1.165) is 23.7 Å². The number of alkyl halides is 1. The summed E-state index contributed by atoms with van der Waals surface area (Å²) < 4.78 is 0.937. The molecule has 1 aromatic carbocycles. The highest BCUT2D eigenvalue weighted by molar-refractivity contribution is 9.10. The van der Waals surface area contributed by atoms with Gasteiger partial charge in [-0.2, -0.15) is 0 Å². The molecule has 0 aliphatic carbocycles. The van der Waals surface area contributed by atoms with Crippen LogP contribution in [0.1, 0.15) is 56.3 Å². The molecular weight excluding hydrogens is 396 g/mol. The number of rotatable bonds is 9. The Morgan fingerprint density at radius 1 is 1.10 bits per heavy atom. The van der Waals surface area contributed by atoms with Crippen molar-refractivity contribution >= 4 is 43.4 Å². The van der Waals surface area contributed by atoms with Crippen molar-refractivity contribution in [3.8, 4) is 0 Å². The Hall–Kier alpha value is -0.480. The van der Waals surface area contributed by atoms with E-state index in [-0.39, 0.29) is 18.0 Å². The molecular formula is C17H22Br2O2. The first-order chi connectivity index (χ1) is 9.97. The zero-order valence-corrected chi connectivity index (χ0v) is 15.7. The van der Waals surface area contributed by atoms with Crippen LogP contribution in [0.3, 0.4) is 0 Å². The van der Waals surface area contributed by atoms with Gasteiger partial charge >= 0.3 is 0 Å². The Balaban J connectivity index is 2.55. The number of carbonyl (C=O) groups excluding carboxylic acids is 2. The van der Waals surface area contributed by atoms with E-state index in [2.05, 4.69) is 45.7 Å². The highest BCUT2D eigenvalue weighted by Gasteiger charge is 2.21. The van der Waals surface area contributed by atoms with Crippen molar-refractivity contribution in [1.29, 1.82) is 0 Å². The topological polar surface area (TPSA) is 34.1 Å². The Morgan fingerprint density at radius 3 is 2.24 bits per heavy atom. The van der Waals surface area contributed by atoms with Gasteiger partial charge in [-0.1, -0.05) is 77.1 Å². The predicted octanol–water partition coefficient (Wildman–Crippen LogP) is 5.57. The van der Waals surface area contributed by atoms with Gasteiger partial charge in [-0.25, -0.2) is 0 Å². The number of halogens is 2. The number of hydrogen-bond acceptors (Lipinski definition) is 2. The van der Waals surface area contributed by atoms with E-state index in [0.29, 0.717) is 17.9 Å². The van der Waals surface area contributed by atoms with E-state index in [4.69, 9.17) is 0 Å². The summed E-state index contributed by atoms with van der Waals surface area (Å²) in [7, 11) is 0. The largest absolute Gasteiger partial charge is 0.300 e. The second-order valence-corrected chi connectivity index (χ2v) is 7.37. The van der Waals surface area contributed by atoms with E-state index in [1.54, 1.807) is 12.1 Å². The molecule has 2 unspecified atom stereocenters. The SMILES string of the molecule is CCCC(CC)CC(=O)CC(Br)C(=O)c1ccc(Br)cc1. The quantitative estimate of drug-likeness (QED) is 0.388. The van der Waals surface area contributed by atoms with Crippen molar-refractivity contribution in [3.63, 3.8) is 0 Å². The Morgan fingerprint density at radius 2 is 1.71 bits per heavy atom. The monoisotopic (exact) mass is 416 g/mol. The molecule has 1 rings (SSSR count). The molecule has 0 aliphatic rings. The number of ketones is 2. The van der Waals surface area contributed by atoms with Crippen LogP contribution in [0, 0.1) is 5.92 Å². The number of hydrogen-bond donors (Lipinski definition) is 0. The summed E-state index contributed by atoms with van der Waals surface area (Å²) in [5, 5.41) is 0. The van der Waals surface area contributed by atoms with Crippen LogP contribution in [-0.4, -0.2) is 16.4 Å². The first kappa shape index (κ1) is 18.6. The van der Waals surface area contributed by atoms with Crippen molar-refractivity contribution in [3.05, 3.63) is 34.3 Å². The Labute approximate surface area is 144 Å². The maximum atomic E-state index is 12.3. The maximum Gasteiger partial charge on any atom is 0.176 e. The lowest BCUT2D eigenvalue weighted by Gasteiger charge is -2.14. The molecule has 2 nitrogen and oxygen atoms in total. The summed E-state index contributed by atoms with van der Waals surface area (Å²) in [6.07, 6.45) is 4.06. The van der Waals surface area contributed by atoms with E-state index in [1.807, 2.05) is 12.1 Å². The highest BCUT2D eigenvalue weighted by Crippen LogP contribution is 2.21. The molecule has 0 fully saturated rings. The van der Waals surface area contributed by atoms with Crippen LogP contribution >= 0.6 is 31.9 Å². The molecule has 4 heteroatoms. The summed E-state index contributed by atoms with van der Waals surface area (Å²) in [5.41, 5.74) is 0.633. The first-order valence-corrected chi connectivity index (χ1v) is 9.14. The molecule has 0 spiro atoms. The average molecular weight is 418 g/mol. The van der Waals surface area contributed by atoms with Gasteiger partial charge in [0.15, 0.2) is 5.78 Å². The number of benzene rings is 1. The standard InChI is InChI=1S/C17H22Br2O2/c1-3-5-12(4-2)10-15(20)11-16(19)17(21)13-6-8-14(18)9-7-13/h6-9,12,16H,3-5,10-11H2,1-2H3. The van der Waals surface area contributed by atoms with Crippen LogP contribution in [0.25, 0.3) is 0 Å². The van der Waals surface area contributed by atoms with E-state index < -0.39 is 4.83 Å². The molecule has 0 bridgehead atoms. The summed E-state index contributed by atoms with van der Waals surface area (Å²) in [6, 6.07) is 7.22. The minimum absolute atomic E-state index is 0.0283. The summed E-state index contributed by atoms with van der Waals surface area (Å²) in [6.45, 7) is 4.25. The van der Waals surface area contributed by atoms with Crippen molar-refractivity contribution < 1.29 is 9.59 Å². The molecule has 2 atom stereocenters. The lowest BCUT2D eigenvalue weighted by atomic mass is 9.92. The van der Waals surface area contributed by atoms with Crippen molar-refractivity contribution in [1.82, 2.24) is 0 Å². The molecule has 0 N–H and O–H groups in total. The molecule has 0 heterocycles. The van der Waals surface area contributed by atoms with Gasteiger partial charge in [-0.05, 0) is 18.1 Å². The molecule has 0 saturated heterocycles. The van der Waals surface area contributed by atoms with Crippen LogP contribution in [0.2, 0.25) is 0 Å². The van der Waals surface area contributed by atoms with Crippen LogP contribution in [-0.2, 0) is 4.79 Å². The minimum Gasteiger partial charge on any atom is -0.300 e. The third kappa shape index (κ3) is 6.43. The Bertz CT molecular complexity index is 468. The third-order valence-electron chi connectivity index (χ3n) is 3.61. The Kier molecular flexibility index (Phi) is 8.42. The van der Waals surface area contributed by atoms with Crippen LogP contribution in [0.4, 0.5) is 0 Å². The van der Waals surface area contributed by atoms with Crippen LogP contribution < -0.4 is 0 Å². The highest BCUT2D eigenvalue weighted by atomic mass is 79.9. The van der Waals surface area contributed by atoms with Gasteiger partial charge in [0.2, 0.25) is 0 Å². The molecule has 21 heavy (non-hydrogen) atoms. The fraction of sp³-hybridized carbons (Fsp3) is 0.529. The minimum atomic E-state index is -0.426. The second-order valence-electron chi connectivity index (χ2n) is 5.35. The van der Waals surface area contributed by atoms with Crippen LogP contribution in [0.15, 0.2) is 28.7 Å². The molecule has 0 aliphatic heterocycles. The van der Waals surface area contributed by atoms with Gasteiger partial charge in [-0.3, -0.25) is 9.59 Å². The van der Waals surface area contributed by atoms with Crippen molar-refractivity contribution in [2.24, 2.45) is 5.92 Å². The van der Waals surface area contributed by atoms with Gasteiger partial charge < -0.3 is 0 Å².